The molecule has 0 radical (unpaired) electrons. The first-order chi connectivity index (χ1) is 16.2. The molecule has 0 saturated heterocycles. The number of anilines is 1. The van der Waals surface area contributed by atoms with Crippen LogP contribution in [0.4, 0.5) is 5.69 Å². The summed E-state index contributed by atoms with van der Waals surface area (Å²) in [5, 5.41) is 0. The number of aryl methyl sites for hydroxylation is 2. The molecule has 5 nitrogen and oxygen atoms in total. The van der Waals surface area contributed by atoms with Gasteiger partial charge in [0.1, 0.15) is 11.4 Å². The van der Waals surface area contributed by atoms with Gasteiger partial charge in [-0.25, -0.2) is 4.98 Å². The summed E-state index contributed by atoms with van der Waals surface area (Å²) in [6, 6.07) is 25.9. The minimum atomic E-state index is 0.0850. The Balaban J connectivity index is 1.38. The average molecular weight is 439 g/mol. The number of amides is 1. The van der Waals surface area contributed by atoms with Gasteiger partial charge in [0.05, 0.1) is 7.11 Å². The molecule has 0 N–H and O–H groups in total. The van der Waals surface area contributed by atoms with Gasteiger partial charge in [-0.15, -0.1) is 0 Å². The highest BCUT2D eigenvalue weighted by molar-refractivity contribution is 5.94. The van der Waals surface area contributed by atoms with Crippen LogP contribution >= 0.6 is 0 Å². The lowest BCUT2D eigenvalue weighted by Crippen LogP contribution is -2.35. The van der Waals surface area contributed by atoms with E-state index in [4.69, 9.17) is 14.1 Å². The van der Waals surface area contributed by atoms with Crippen molar-refractivity contribution in [3.63, 3.8) is 0 Å². The third kappa shape index (κ3) is 4.40. The van der Waals surface area contributed by atoms with Crippen LogP contribution in [0.5, 0.6) is 5.75 Å². The Kier molecular flexibility index (Phi) is 5.94. The highest BCUT2D eigenvalue weighted by atomic mass is 16.5. The van der Waals surface area contributed by atoms with E-state index in [0.717, 1.165) is 59.0 Å². The quantitative estimate of drug-likeness (QED) is 0.374. The molecule has 3 aromatic carbocycles. The van der Waals surface area contributed by atoms with Crippen LogP contribution in [0.1, 0.15) is 24.3 Å². The van der Waals surface area contributed by atoms with Crippen molar-refractivity contribution in [2.24, 2.45) is 0 Å². The van der Waals surface area contributed by atoms with Crippen molar-refractivity contribution in [3.8, 4) is 28.3 Å². The summed E-state index contributed by atoms with van der Waals surface area (Å²) in [5.74, 6) is 2.22. The molecule has 5 heteroatoms. The molecule has 2 heterocycles. The first-order valence-corrected chi connectivity index (χ1v) is 11.3. The van der Waals surface area contributed by atoms with Crippen molar-refractivity contribution in [1.82, 2.24) is 4.98 Å². The summed E-state index contributed by atoms with van der Waals surface area (Å²) in [6.07, 6.45) is 2.69. The second-order valence-electron chi connectivity index (χ2n) is 8.16. The SMILES string of the molecule is COc1ccc2c(c1)CCCN2C(=O)CCc1nc(-c2ccccc2)c(-c2ccccc2)o1. The molecular formula is C28H26N2O3. The second kappa shape index (κ2) is 9.33. The van der Waals surface area contributed by atoms with Crippen LogP contribution in [0.2, 0.25) is 0 Å². The fourth-order valence-electron chi connectivity index (χ4n) is 4.36. The predicted molar refractivity (Wildman–Crippen MR) is 129 cm³/mol. The van der Waals surface area contributed by atoms with Crippen LogP contribution in [0, 0.1) is 0 Å². The van der Waals surface area contributed by atoms with E-state index in [0.29, 0.717) is 18.7 Å². The number of methoxy groups -OCH3 is 1. The number of fused-ring (bicyclic) bond motifs is 1. The van der Waals surface area contributed by atoms with Gasteiger partial charge in [-0.05, 0) is 36.6 Å². The zero-order chi connectivity index (χ0) is 22.6. The number of oxazole rings is 1. The molecule has 0 saturated carbocycles. The molecule has 0 unspecified atom stereocenters. The molecule has 33 heavy (non-hydrogen) atoms. The number of carbonyl (C=O) groups is 1. The van der Waals surface area contributed by atoms with Crippen molar-refractivity contribution in [2.45, 2.75) is 25.7 Å². The number of carbonyl (C=O) groups excluding carboxylic acids is 1. The summed E-state index contributed by atoms with van der Waals surface area (Å²) < 4.78 is 11.5. The number of benzene rings is 3. The predicted octanol–water partition coefficient (Wildman–Crippen LogP) is 5.93. The van der Waals surface area contributed by atoms with Crippen LogP contribution in [-0.2, 0) is 17.6 Å². The lowest BCUT2D eigenvalue weighted by atomic mass is 10.0. The fraction of sp³-hybridized carbons (Fsp3) is 0.214. The zero-order valence-electron chi connectivity index (χ0n) is 18.7. The Labute approximate surface area is 193 Å². The van der Waals surface area contributed by atoms with Gasteiger partial charge in [0.2, 0.25) is 5.91 Å². The van der Waals surface area contributed by atoms with Gasteiger partial charge in [0.25, 0.3) is 0 Å². The maximum absolute atomic E-state index is 13.1. The molecule has 4 aromatic rings. The molecule has 0 bridgehead atoms. The Bertz CT molecular complexity index is 1190. The van der Waals surface area contributed by atoms with Crippen LogP contribution in [0.25, 0.3) is 22.6 Å². The van der Waals surface area contributed by atoms with E-state index < -0.39 is 0 Å². The third-order valence-electron chi connectivity index (χ3n) is 6.01. The average Bonchev–Trinajstić information content (AvgIpc) is 3.32. The summed E-state index contributed by atoms with van der Waals surface area (Å²) >= 11 is 0. The van der Waals surface area contributed by atoms with E-state index in [1.165, 1.54) is 0 Å². The molecule has 1 aromatic heterocycles. The minimum absolute atomic E-state index is 0.0850. The molecule has 0 spiro atoms. The number of aromatic nitrogens is 1. The van der Waals surface area contributed by atoms with E-state index >= 15 is 0 Å². The van der Waals surface area contributed by atoms with Gasteiger partial charge in [-0.2, -0.15) is 0 Å². The Morgan fingerprint density at radius 1 is 1.00 bits per heavy atom. The normalized spacial score (nSPS) is 12.9. The summed E-state index contributed by atoms with van der Waals surface area (Å²) in [5.41, 5.74) is 4.91. The minimum Gasteiger partial charge on any atom is -0.497 e. The maximum atomic E-state index is 13.1. The molecule has 0 atom stereocenters. The van der Waals surface area contributed by atoms with Gasteiger partial charge >= 0.3 is 0 Å². The van der Waals surface area contributed by atoms with Crippen LogP contribution in [0.3, 0.4) is 0 Å². The Morgan fingerprint density at radius 2 is 1.73 bits per heavy atom. The van der Waals surface area contributed by atoms with Crippen molar-refractivity contribution < 1.29 is 13.9 Å². The lowest BCUT2D eigenvalue weighted by molar-refractivity contribution is -0.118. The van der Waals surface area contributed by atoms with Gasteiger partial charge in [0, 0.05) is 36.2 Å². The number of hydrogen-bond donors (Lipinski definition) is 0. The van der Waals surface area contributed by atoms with Gasteiger partial charge < -0.3 is 14.1 Å². The van der Waals surface area contributed by atoms with Crippen molar-refractivity contribution in [2.75, 3.05) is 18.6 Å². The summed E-state index contributed by atoms with van der Waals surface area (Å²) in [4.78, 5) is 19.8. The molecule has 166 valence electrons. The zero-order valence-corrected chi connectivity index (χ0v) is 18.7. The maximum Gasteiger partial charge on any atom is 0.227 e. The molecule has 1 aliphatic rings. The van der Waals surface area contributed by atoms with E-state index in [9.17, 15) is 4.79 Å². The molecule has 0 fully saturated rings. The third-order valence-corrected chi connectivity index (χ3v) is 6.01. The molecular weight excluding hydrogens is 412 g/mol. The summed E-state index contributed by atoms with van der Waals surface area (Å²) in [6.45, 7) is 0.730. The lowest BCUT2D eigenvalue weighted by Gasteiger charge is -2.29. The first-order valence-electron chi connectivity index (χ1n) is 11.3. The van der Waals surface area contributed by atoms with Crippen molar-refractivity contribution >= 4 is 11.6 Å². The van der Waals surface area contributed by atoms with Gasteiger partial charge in [0.15, 0.2) is 11.7 Å². The molecule has 1 aliphatic heterocycles. The molecule has 5 rings (SSSR count). The number of rotatable bonds is 6. The van der Waals surface area contributed by atoms with E-state index in [1.54, 1.807) is 7.11 Å². The monoisotopic (exact) mass is 438 g/mol. The van der Waals surface area contributed by atoms with Crippen LogP contribution in [-0.4, -0.2) is 24.5 Å². The Hall–Kier alpha value is -3.86. The van der Waals surface area contributed by atoms with E-state index in [-0.39, 0.29) is 5.91 Å². The van der Waals surface area contributed by atoms with Crippen LogP contribution < -0.4 is 9.64 Å². The first kappa shape index (κ1) is 21.0. The topological polar surface area (TPSA) is 55.6 Å². The number of nitrogens with zero attached hydrogens (tertiary/aromatic N) is 2. The smallest absolute Gasteiger partial charge is 0.227 e. The highest BCUT2D eigenvalue weighted by Gasteiger charge is 2.24. The fourth-order valence-corrected chi connectivity index (χ4v) is 4.36. The van der Waals surface area contributed by atoms with Crippen LogP contribution in [0.15, 0.2) is 83.3 Å². The second-order valence-corrected chi connectivity index (χ2v) is 8.16. The van der Waals surface area contributed by atoms with Gasteiger partial charge in [-0.1, -0.05) is 60.7 Å². The van der Waals surface area contributed by atoms with Crippen molar-refractivity contribution in [3.05, 3.63) is 90.3 Å². The van der Waals surface area contributed by atoms with Gasteiger partial charge in [-0.3, -0.25) is 4.79 Å². The standard InChI is InChI=1S/C28H26N2O3/c1-32-23-14-15-24-22(19-23)13-8-18-30(24)26(31)17-16-25-29-27(20-9-4-2-5-10-20)28(33-25)21-11-6-3-7-12-21/h2-7,9-12,14-15,19H,8,13,16-18H2,1H3. The van der Waals surface area contributed by atoms with E-state index in [1.807, 2.05) is 83.8 Å². The largest absolute Gasteiger partial charge is 0.497 e. The highest BCUT2D eigenvalue weighted by Crippen LogP contribution is 2.34. The van der Waals surface area contributed by atoms with E-state index in [2.05, 4.69) is 0 Å². The number of hydrogen-bond acceptors (Lipinski definition) is 4. The van der Waals surface area contributed by atoms with Crippen molar-refractivity contribution in [1.29, 1.82) is 0 Å². The number of ether oxygens (including phenoxy) is 1. The Morgan fingerprint density at radius 3 is 2.45 bits per heavy atom. The summed E-state index contributed by atoms with van der Waals surface area (Å²) in [7, 11) is 1.66. The molecule has 0 aliphatic carbocycles. The molecule has 1 amide bonds.